The van der Waals surface area contributed by atoms with Crippen LogP contribution >= 0.6 is 0 Å². The molecular formula is C16H28O3Si3. The van der Waals surface area contributed by atoms with Crippen molar-refractivity contribution in [2.24, 2.45) is 0 Å². The van der Waals surface area contributed by atoms with Gasteiger partial charge in [-0.2, -0.15) is 0 Å². The molecule has 0 N–H and O–H groups in total. The number of hydrogen-bond donors (Lipinski definition) is 0. The van der Waals surface area contributed by atoms with E-state index < -0.39 is 26.9 Å². The number of hydrogen-bond acceptors (Lipinski definition) is 3. The van der Waals surface area contributed by atoms with Crippen LogP contribution in [0.25, 0.3) is 0 Å². The molecule has 3 nitrogen and oxygen atoms in total. The molecule has 122 valence electrons. The van der Waals surface area contributed by atoms with Crippen LogP contribution in [0.4, 0.5) is 0 Å². The summed E-state index contributed by atoms with van der Waals surface area (Å²) in [7, 11) is -5.63. The summed E-state index contributed by atoms with van der Waals surface area (Å²) < 4.78 is 18.6. The molecule has 1 unspecified atom stereocenters. The maximum absolute atomic E-state index is 6.48. The molecule has 1 rings (SSSR count). The topological polar surface area (TPSA) is 27.7 Å². The first-order valence-corrected chi connectivity index (χ1v) is 13.9. The molecule has 0 spiro atoms. The van der Waals surface area contributed by atoms with Gasteiger partial charge in [0.25, 0.3) is 10.0 Å². The molecule has 0 heterocycles. The fourth-order valence-electron chi connectivity index (χ4n) is 1.81. The summed E-state index contributed by atoms with van der Waals surface area (Å²) >= 11 is 0. The summed E-state index contributed by atoms with van der Waals surface area (Å²) in [5, 5.41) is 1.13. The third-order valence-electron chi connectivity index (χ3n) is 3.50. The van der Waals surface area contributed by atoms with Crippen molar-refractivity contribution in [2.45, 2.75) is 39.1 Å². The quantitative estimate of drug-likeness (QED) is 0.505. The summed E-state index contributed by atoms with van der Waals surface area (Å²) in [6.07, 6.45) is 1.80. The van der Waals surface area contributed by atoms with Gasteiger partial charge >= 0.3 is 8.56 Å². The third kappa shape index (κ3) is 5.79. The zero-order valence-electron chi connectivity index (χ0n) is 14.4. The smallest absolute Gasteiger partial charge is 0.350 e. The van der Waals surface area contributed by atoms with Gasteiger partial charge in [-0.1, -0.05) is 42.1 Å². The molecule has 6 heteroatoms. The van der Waals surface area contributed by atoms with E-state index in [2.05, 4.69) is 44.9 Å². The lowest BCUT2D eigenvalue weighted by molar-refractivity contribution is 0.144. The van der Waals surface area contributed by atoms with E-state index in [1.54, 1.807) is 6.08 Å². The van der Waals surface area contributed by atoms with E-state index >= 15 is 0 Å². The zero-order chi connectivity index (χ0) is 16.9. The molecule has 1 aromatic carbocycles. The van der Waals surface area contributed by atoms with Gasteiger partial charge in [0.05, 0.1) is 5.60 Å². The molecule has 0 fully saturated rings. The molecule has 0 amide bonds. The Morgan fingerprint density at radius 3 is 2.18 bits per heavy atom. The highest BCUT2D eigenvalue weighted by molar-refractivity contribution is 6.92. The SMILES string of the molecule is C=CC(C)(C)O[SiH2]O[Si](C)(O[Si](C)(C)C=C)c1ccccc1. The highest BCUT2D eigenvalue weighted by Gasteiger charge is 2.39. The summed E-state index contributed by atoms with van der Waals surface area (Å²) in [4.78, 5) is 0. The molecule has 0 aliphatic carbocycles. The molecule has 1 atom stereocenters. The van der Waals surface area contributed by atoms with Crippen molar-refractivity contribution in [3.05, 3.63) is 55.3 Å². The van der Waals surface area contributed by atoms with Crippen molar-refractivity contribution in [2.75, 3.05) is 0 Å². The summed E-state index contributed by atoms with van der Waals surface area (Å²) in [5.41, 5.74) is 1.59. The van der Waals surface area contributed by atoms with Gasteiger partial charge in [-0.05, 0) is 38.7 Å². The first-order chi connectivity index (χ1) is 10.1. The molecule has 0 aliphatic rings. The van der Waals surface area contributed by atoms with E-state index in [1.807, 2.05) is 37.7 Å². The zero-order valence-corrected chi connectivity index (χ0v) is 17.8. The van der Waals surface area contributed by atoms with E-state index in [9.17, 15) is 0 Å². The van der Waals surface area contributed by atoms with Crippen molar-refractivity contribution >= 4 is 32.1 Å². The molecule has 0 aromatic heterocycles. The van der Waals surface area contributed by atoms with Crippen LogP contribution in [-0.2, 0) is 12.7 Å². The first kappa shape index (κ1) is 19.3. The molecule has 0 radical (unpaired) electrons. The fraction of sp³-hybridized carbons (Fsp3) is 0.375. The van der Waals surface area contributed by atoms with Gasteiger partial charge in [-0.15, -0.1) is 13.2 Å². The highest BCUT2D eigenvalue weighted by atomic mass is 28.5. The molecule has 0 saturated carbocycles. The maximum atomic E-state index is 6.48. The van der Waals surface area contributed by atoms with E-state index in [4.69, 9.17) is 12.7 Å². The predicted molar refractivity (Wildman–Crippen MR) is 101 cm³/mol. The summed E-state index contributed by atoms with van der Waals surface area (Å²) in [6.45, 7) is 18.0. The lowest BCUT2D eigenvalue weighted by Gasteiger charge is -2.35. The fourth-order valence-corrected chi connectivity index (χ4v) is 10.4. The minimum absolute atomic E-state index is 0.358. The second kappa shape index (κ2) is 7.67. The molecule has 22 heavy (non-hydrogen) atoms. The van der Waals surface area contributed by atoms with Gasteiger partial charge < -0.3 is 12.7 Å². The Morgan fingerprint density at radius 2 is 1.68 bits per heavy atom. The molecule has 0 saturated heterocycles. The lowest BCUT2D eigenvalue weighted by Crippen LogP contribution is -2.57. The van der Waals surface area contributed by atoms with E-state index in [1.165, 1.54) is 0 Å². The molecular weight excluding hydrogens is 324 g/mol. The predicted octanol–water partition coefficient (Wildman–Crippen LogP) is 2.91. The maximum Gasteiger partial charge on any atom is 0.350 e. The Labute approximate surface area is 139 Å². The van der Waals surface area contributed by atoms with Crippen LogP contribution < -0.4 is 5.19 Å². The van der Waals surface area contributed by atoms with Gasteiger partial charge in [0.15, 0.2) is 8.32 Å². The van der Waals surface area contributed by atoms with E-state index in [0.29, 0.717) is 0 Å². The van der Waals surface area contributed by atoms with Gasteiger partial charge in [0, 0.05) is 0 Å². The average Bonchev–Trinajstić information content (AvgIpc) is 2.47. The minimum Gasteiger partial charge on any atom is -0.430 e. The van der Waals surface area contributed by atoms with Gasteiger partial charge in [-0.25, -0.2) is 0 Å². The number of benzene rings is 1. The molecule has 0 aliphatic heterocycles. The second-order valence-electron chi connectivity index (χ2n) is 6.44. The van der Waals surface area contributed by atoms with Crippen LogP contribution in [0.1, 0.15) is 13.8 Å². The normalized spacial score (nSPS) is 15.7. The Kier molecular flexibility index (Phi) is 6.72. The van der Waals surface area contributed by atoms with Crippen LogP contribution in [-0.4, -0.2) is 32.5 Å². The monoisotopic (exact) mass is 352 g/mol. The standard InChI is InChI=1S/C16H28O3Si3/c1-8-16(3,4)17-20-18-22(7,19-21(5,6)9-2)15-13-11-10-12-14-15/h8-14H,1-2,20H2,3-7H3. The Bertz CT molecular complexity index is 503. The Morgan fingerprint density at radius 1 is 1.09 bits per heavy atom. The summed E-state index contributed by atoms with van der Waals surface area (Å²) in [5.74, 6) is 0. The molecule has 0 bridgehead atoms. The van der Waals surface area contributed by atoms with Crippen molar-refractivity contribution < 1.29 is 12.7 Å². The van der Waals surface area contributed by atoms with Crippen molar-refractivity contribution in [1.29, 1.82) is 0 Å². The molecule has 1 aromatic rings. The van der Waals surface area contributed by atoms with Crippen molar-refractivity contribution in [1.82, 2.24) is 0 Å². The highest BCUT2D eigenvalue weighted by Crippen LogP contribution is 2.18. The third-order valence-corrected chi connectivity index (χ3v) is 13.1. The van der Waals surface area contributed by atoms with Gasteiger partial charge in [-0.3, -0.25) is 0 Å². The van der Waals surface area contributed by atoms with Crippen molar-refractivity contribution in [3.63, 3.8) is 0 Å². The van der Waals surface area contributed by atoms with E-state index in [0.717, 1.165) is 5.19 Å². The van der Waals surface area contributed by atoms with Gasteiger partial charge in [0.1, 0.15) is 0 Å². The minimum atomic E-state index is -2.50. The van der Waals surface area contributed by atoms with Crippen LogP contribution in [0, 0.1) is 0 Å². The lowest BCUT2D eigenvalue weighted by atomic mass is 10.1. The van der Waals surface area contributed by atoms with E-state index in [-0.39, 0.29) is 5.60 Å². The largest absolute Gasteiger partial charge is 0.430 e. The average molecular weight is 353 g/mol. The Balaban J connectivity index is 2.92. The first-order valence-electron chi connectivity index (χ1n) is 7.45. The van der Waals surface area contributed by atoms with Crippen LogP contribution in [0.3, 0.4) is 0 Å². The Hall–Kier alpha value is -0.769. The van der Waals surface area contributed by atoms with Crippen LogP contribution in [0.2, 0.25) is 19.6 Å². The number of rotatable bonds is 9. The van der Waals surface area contributed by atoms with Crippen LogP contribution in [0.15, 0.2) is 55.3 Å². The van der Waals surface area contributed by atoms with Gasteiger partial charge in [0.2, 0.25) is 0 Å². The summed E-state index contributed by atoms with van der Waals surface area (Å²) in [6, 6.07) is 10.2. The van der Waals surface area contributed by atoms with Crippen molar-refractivity contribution in [3.8, 4) is 0 Å². The van der Waals surface area contributed by atoms with Crippen LogP contribution in [0.5, 0.6) is 0 Å². The second-order valence-corrected chi connectivity index (χ2v) is 15.0.